The minimum atomic E-state index is -0.742. The number of hydrogen-bond donors (Lipinski definition) is 2. The number of nitro groups is 1. The summed E-state index contributed by atoms with van der Waals surface area (Å²) in [6.07, 6.45) is 0. The SMILES string of the molecule is CC(C)(CO)[C@H](N)c1ccc(F)cc1[N+](=O)[O-]. The maximum absolute atomic E-state index is 13.0. The van der Waals surface area contributed by atoms with Gasteiger partial charge in [0.15, 0.2) is 0 Å². The van der Waals surface area contributed by atoms with Gasteiger partial charge in [-0.15, -0.1) is 0 Å². The average Bonchev–Trinajstić information content (AvgIpc) is 2.28. The molecule has 5 nitrogen and oxygen atoms in total. The summed E-state index contributed by atoms with van der Waals surface area (Å²) in [7, 11) is 0. The summed E-state index contributed by atoms with van der Waals surface area (Å²) in [5.41, 5.74) is 5.02. The van der Waals surface area contributed by atoms with Gasteiger partial charge in [-0.3, -0.25) is 10.1 Å². The van der Waals surface area contributed by atoms with Gasteiger partial charge in [0, 0.05) is 23.6 Å². The van der Waals surface area contributed by atoms with Crippen molar-refractivity contribution in [2.24, 2.45) is 11.1 Å². The molecule has 0 aliphatic carbocycles. The van der Waals surface area contributed by atoms with Gasteiger partial charge < -0.3 is 10.8 Å². The number of nitro benzene ring substituents is 1. The van der Waals surface area contributed by atoms with E-state index in [9.17, 15) is 19.6 Å². The highest BCUT2D eigenvalue weighted by Gasteiger charge is 2.32. The molecule has 0 heterocycles. The normalized spacial score (nSPS) is 13.5. The van der Waals surface area contributed by atoms with Gasteiger partial charge in [0.05, 0.1) is 11.0 Å². The number of aliphatic hydroxyl groups excluding tert-OH is 1. The molecular formula is C11H15FN2O3. The zero-order chi connectivity index (χ0) is 13.2. The second kappa shape index (κ2) is 4.77. The number of rotatable bonds is 4. The number of nitrogens with zero attached hydrogens (tertiary/aromatic N) is 1. The Morgan fingerprint density at radius 2 is 2.18 bits per heavy atom. The van der Waals surface area contributed by atoms with E-state index in [1.807, 2.05) is 0 Å². The van der Waals surface area contributed by atoms with Crippen molar-refractivity contribution in [2.75, 3.05) is 6.61 Å². The van der Waals surface area contributed by atoms with Crippen molar-refractivity contribution >= 4 is 5.69 Å². The molecule has 1 aromatic rings. The standard InChI is InChI=1S/C11H15FN2O3/c1-11(2,6-15)10(13)8-4-3-7(12)5-9(8)14(16)17/h3-5,10,15H,6,13H2,1-2H3/t10-/m1/s1. The molecule has 94 valence electrons. The first kappa shape index (κ1) is 13.5. The van der Waals surface area contributed by atoms with E-state index in [4.69, 9.17) is 5.73 Å². The van der Waals surface area contributed by atoms with E-state index in [2.05, 4.69) is 0 Å². The van der Waals surface area contributed by atoms with Crippen molar-refractivity contribution in [2.45, 2.75) is 19.9 Å². The lowest BCUT2D eigenvalue weighted by Crippen LogP contribution is -2.32. The average molecular weight is 242 g/mol. The van der Waals surface area contributed by atoms with Crippen molar-refractivity contribution in [3.8, 4) is 0 Å². The van der Waals surface area contributed by atoms with Crippen LogP contribution in [0.25, 0.3) is 0 Å². The van der Waals surface area contributed by atoms with Gasteiger partial charge in [-0.1, -0.05) is 13.8 Å². The Morgan fingerprint density at radius 3 is 2.65 bits per heavy atom. The van der Waals surface area contributed by atoms with Crippen molar-refractivity contribution in [3.63, 3.8) is 0 Å². The van der Waals surface area contributed by atoms with Crippen LogP contribution in [-0.2, 0) is 0 Å². The predicted octanol–water partition coefficient (Wildman–Crippen LogP) is 1.75. The summed E-state index contributed by atoms with van der Waals surface area (Å²) in [5.74, 6) is -0.686. The zero-order valence-corrected chi connectivity index (χ0v) is 9.68. The molecule has 17 heavy (non-hydrogen) atoms. The monoisotopic (exact) mass is 242 g/mol. The van der Waals surface area contributed by atoms with E-state index in [1.54, 1.807) is 13.8 Å². The Hall–Kier alpha value is -1.53. The maximum Gasteiger partial charge on any atom is 0.277 e. The molecule has 0 bridgehead atoms. The molecule has 0 saturated carbocycles. The molecular weight excluding hydrogens is 227 g/mol. The van der Waals surface area contributed by atoms with Crippen LogP contribution in [0.2, 0.25) is 0 Å². The highest BCUT2D eigenvalue weighted by Crippen LogP contribution is 2.35. The van der Waals surface area contributed by atoms with Gasteiger partial charge in [0.2, 0.25) is 0 Å². The van der Waals surface area contributed by atoms with Crippen molar-refractivity contribution < 1.29 is 14.4 Å². The highest BCUT2D eigenvalue weighted by molar-refractivity contribution is 5.43. The largest absolute Gasteiger partial charge is 0.396 e. The van der Waals surface area contributed by atoms with Crippen LogP contribution < -0.4 is 5.73 Å². The Balaban J connectivity index is 3.26. The van der Waals surface area contributed by atoms with Crippen molar-refractivity contribution in [1.29, 1.82) is 0 Å². The molecule has 0 radical (unpaired) electrons. The smallest absolute Gasteiger partial charge is 0.277 e. The van der Waals surface area contributed by atoms with Crippen LogP contribution in [0.1, 0.15) is 25.5 Å². The van der Waals surface area contributed by atoms with E-state index in [0.717, 1.165) is 12.1 Å². The molecule has 1 rings (SSSR count). The number of aliphatic hydroxyl groups is 1. The molecule has 0 amide bonds. The molecule has 6 heteroatoms. The predicted molar refractivity (Wildman–Crippen MR) is 60.8 cm³/mol. The topological polar surface area (TPSA) is 89.4 Å². The molecule has 0 aromatic heterocycles. The maximum atomic E-state index is 13.0. The number of hydrogen-bond acceptors (Lipinski definition) is 4. The van der Waals surface area contributed by atoms with Crippen LogP contribution in [-0.4, -0.2) is 16.6 Å². The first-order valence-corrected chi connectivity index (χ1v) is 5.10. The summed E-state index contributed by atoms with van der Waals surface area (Å²) in [5, 5.41) is 20.0. The fourth-order valence-corrected chi connectivity index (χ4v) is 1.46. The molecule has 1 aromatic carbocycles. The lowest BCUT2D eigenvalue weighted by atomic mass is 9.81. The zero-order valence-electron chi connectivity index (χ0n) is 9.68. The fraction of sp³-hybridized carbons (Fsp3) is 0.455. The van der Waals surface area contributed by atoms with Crippen LogP contribution in [0.5, 0.6) is 0 Å². The number of benzene rings is 1. The van der Waals surface area contributed by atoms with Crippen LogP contribution in [0.15, 0.2) is 18.2 Å². The Labute approximate surface area is 98.2 Å². The van der Waals surface area contributed by atoms with Gasteiger partial charge in [0.1, 0.15) is 5.82 Å². The lowest BCUT2D eigenvalue weighted by molar-refractivity contribution is -0.386. The molecule has 0 unspecified atom stereocenters. The summed E-state index contributed by atoms with van der Waals surface area (Å²) in [6, 6.07) is 2.50. The van der Waals surface area contributed by atoms with Crippen molar-refractivity contribution in [3.05, 3.63) is 39.7 Å². The number of halogens is 1. The second-order valence-electron chi connectivity index (χ2n) is 4.58. The van der Waals surface area contributed by atoms with E-state index >= 15 is 0 Å². The molecule has 0 fully saturated rings. The van der Waals surface area contributed by atoms with E-state index in [0.29, 0.717) is 0 Å². The van der Waals surface area contributed by atoms with Gasteiger partial charge in [-0.25, -0.2) is 4.39 Å². The summed E-state index contributed by atoms with van der Waals surface area (Å²) in [6.45, 7) is 3.15. The van der Waals surface area contributed by atoms with Gasteiger partial charge in [0.25, 0.3) is 5.69 Å². The molecule has 0 aliphatic heterocycles. The van der Waals surface area contributed by atoms with E-state index < -0.39 is 22.2 Å². The summed E-state index contributed by atoms with van der Waals surface area (Å²) >= 11 is 0. The van der Waals surface area contributed by atoms with Crippen LogP contribution >= 0.6 is 0 Å². The Kier molecular flexibility index (Phi) is 3.79. The minimum Gasteiger partial charge on any atom is -0.396 e. The Bertz CT molecular complexity index is 435. The first-order chi connectivity index (χ1) is 7.79. The van der Waals surface area contributed by atoms with Gasteiger partial charge in [-0.2, -0.15) is 0 Å². The summed E-state index contributed by atoms with van der Waals surface area (Å²) < 4.78 is 13.0. The molecule has 0 spiro atoms. The van der Waals surface area contributed by atoms with E-state index in [1.165, 1.54) is 6.07 Å². The van der Waals surface area contributed by atoms with Crippen LogP contribution in [0.3, 0.4) is 0 Å². The van der Waals surface area contributed by atoms with Gasteiger partial charge in [-0.05, 0) is 12.1 Å². The molecule has 0 saturated heterocycles. The third-order valence-electron chi connectivity index (χ3n) is 2.77. The molecule has 0 aliphatic rings. The van der Waals surface area contributed by atoms with Crippen molar-refractivity contribution in [1.82, 2.24) is 0 Å². The first-order valence-electron chi connectivity index (χ1n) is 5.10. The van der Waals surface area contributed by atoms with Gasteiger partial charge >= 0.3 is 0 Å². The minimum absolute atomic E-state index is 0.218. The number of nitrogens with two attached hydrogens (primary N) is 1. The molecule has 3 N–H and O–H groups in total. The third kappa shape index (κ3) is 2.78. The highest BCUT2D eigenvalue weighted by atomic mass is 19.1. The second-order valence-corrected chi connectivity index (χ2v) is 4.58. The van der Waals surface area contributed by atoms with Crippen LogP contribution in [0.4, 0.5) is 10.1 Å². The summed E-state index contributed by atoms with van der Waals surface area (Å²) in [4.78, 5) is 10.1. The van der Waals surface area contributed by atoms with Crippen LogP contribution in [0, 0.1) is 21.3 Å². The molecule has 1 atom stereocenters. The fourth-order valence-electron chi connectivity index (χ4n) is 1.46. The Morgan fingerprint density at radius 1 is 1.59 bits per heavy atom. The van der Waals surface area contributed by atoms with E-state index in [-0.39, 0.29) is 17.9 Å². The lowest BCUT2D eigenvalue weighted by Gasteiger charge is -2.29. The third-order valence-corrected chi connectivity index (χ3v) is 2.77. The quantitative estimate of drug-likeness (QED) is 0.621.